The molecule has 1 rings (SSSR count). The van der Waals surface area contributed by atoms with E-state index >= 15 is 0 Å². The Kier molecular flexibility index (Phi) is 6.08. The summed E-state index contributed by atoms with van der Waals surface area (Å²) < 4.78 is 31.3. The lowest BCUT2D eigenvalue weighted by Crippen LogP contribution is -2.30. The minimum absolute atomic E-state index is 0.407. The second-order valence-corrected chi connectivity index (χ2v) is 4.96. The first-order valence-corrected chi connectivity index (χ1v) is 6.49. The molecule has 0 aromatic heterocycles. The van der Waals surface area contributed by atoms with Gasteiger partial charge in [0.05, 0.1) is 11.3 Å². The van der Waals surface area contributed by atoms with Crippen LogP contribution in [0.5, 0.6) is 0 Å². The molecule has 0 fully saturated rings. The zero-order chi connectivity index (χ0) is 16.0. The van der Waals surface area contributed by atoms with Gasteiger partial charge in [-0.05, 0) is 18.4 Å². The summed E-state index contributed by atoms with van der Waals surface area (Å²) in [6, 6.07) is 1.33. The molecule has 0 aliphatic carbocycles. The van der Waals surface area contributed by atoms with Crippen LogP contribution in [-0.2, 0) is 9.53 Å². The highest BCUT2D eigenvalue weighted by Crippen LogP contribution is 2.17. The number of halogens is 2. The number of benzene rings is 1. The minimum atomic E-state index is -1.12. The highest BCUT2D eigenvalue weighted by atomic mass is 19.1. The normalized spacial score (nSPS) is 10.5. The second kappa shape index (κ2) is 7.56. The van der Waals surface area contributed by atoms with Crippen molar-refractivity contribution in [2.45, 2.75) is 20.3 Å². The number of nitrogen functional groups attached to an aromatic ring is 1. The van der Waals surface area contributed by atoms with Crippen LogP contribution in [0.4, 0.5) is 14.5 Å². The molecule has 1 aromatic carbocycles. The van der Waals surface area contributed by atoms with E-state index < -0.39 is 41.4 Å². The largest absolute Gasteiger partial charge is 0.452 e. The van der Waals surface area contributed by atoms with Gasteiger partial charge in [-0.15, -0.1) is 0 Å². The standard InChI is InChI=1S/C14H18F2N2O3/c1-8(2)3-4-18-13(19)7-21-14(20)9-5-11(16)12(17)6-10(9)15/h5-6,8H,3-4,7,17H2,1-2H3,(H,18,19). The van der Waals surface area contributed by atoms with Crippen LogP contribution in [0.2, 0.25) is 0 Å². The molecule has 5 nitrogen and oxygen atoms in total. The summed E-state index contributed by atoms with van der Waals surface area (Å²) in [7, 11) is 0. The first-order chi connectivity index (χ1) is 9.81. The van der Waals surface area contributed by atoms with Crippen LogP contribution in [0.25, 0.3) is 0 Å². The molecule has 0 saturated carbocycles. The summed E-state index contributed by atoms with van der Waals surface area (Å²) in [6.07, 6.45) is 0.789. The molecule has 0 radical (unpaired) electrons. The van der Waals surface area contributed by atoms with Gasteiger partial charge in [0.1, 0.15) is 11.6 Å². The fourth-order valence-electron chi connectivity index (χ4n) is 1.48. The molecule has 0 atom stereocenters. The van der Waals surface area contributed by atoms with Crippen LogP contribution in [-0.4, -0.2) is 25.0 Å². The number of amides is 1. The van der Waals surface area contributed by atoms with E-state index in [0.717, 1.165) is 6.42 Å². The lowest BCUT2D eigenvalue weighted by atomic mass is 10.1. The Morgan fingerprint density at radius 1 is 1.29 bits per heavy atom. The Hall–Kier alpha value is -2.18. The summed E-state index contributed by atoms with van der Waals surface area (Å²) in [4.78, 5) is 23.0. The fraction of sp³-hybridized carbons (Fsp3) is 0.429. The molecular weight excluding hydrogens is 282 g/mol. The number of hydrogen-bond acceptors (Lipinski definition) is 4. The van der Waals surface area contributed by atoms with Gasteiger partial charge in [-0.25, -0.2) is 13.6 Å². The van der Waals surface area contributed by atoms with E-state index in [4.69, 9.17) is 5.73 Å². The third-order valence-electron chi connectivity index (χ3n) is 2.68. The Morgan fingerprint density at radius 3 is 2.57 bits per heavy atom. The Bertz CT molecular complexity index is 533. The number of hydrogen-bond donors (Lipinski definition) is 2. The zero-order valence-corrected chi connectivity index (χ0v) is 11.9. The number of nitrogens with one attached hydrogen (secondary N) is 1. The van der Waals surface area contributed by atoms with Crippen molar-refractivity contribution in [2.24, 2.45) is 5.92 Å². The monoisotopic (exact) mass is 300 g/mol. The Labute approximate surface area is 121 Å². The van der Waals surface area contributed by atoms with Crippen LogP contribution < -0.4 is 11.1 Å². The van der Waals surface area contributed by atoms with Crippen LogP contribution in [0, 0.1) is 17.6 Å². The van der Waals surface area contributed by atoms with Gasteiger partial charge >= 0.3 is 5.97 Å². The molecule has 0 heterocycles. The highest BCUT2D eigenvalue weighted by Gasteiger charge is 2.17. The van der Waals surface area contributed by atoms with Gasteiger partial charge in [0.2, 0.25) is 0 Å². The molecule has 1 amide bonds. The average molecular weight is 300 g/mol. The SMILES string of the molecule is CC(C)CCNC(=O)COC(=O)c1cc(F)c(N)cc1F. The third-order valence-corrected chi connectivity index (χ3v) is 2.68. The molecule has 0 bridgehead atoms. The van der Waals surface area contributed by atoms with Gasteiger partial charge in [-0.3, -0.25) is 4.79 Å². The summed E-state index contributed by atoms with van der Waals surface area (Å²) in [5.74, 6) is -3.12. The molecule has 116 valence electrons. The van der Waals surface area contributed by atoms with E-state index in [0.29, 0.717) is 24.6 Å². The third kappa shape index (κ3) is 5.37. The van der Waals surface area contributed by atoms with Gasteiger partial charge in [0.15, 0.2) is 6.61 Å². The smallest absolute Gasteiger partial charge is 0.341 e. The van der Waals surface area contributed by atoms with Crippen molar-refractivity contribution in [3.63, 3.8) is 0 Å². The molecule has 7 heteroatoms. The van der Waals surface area contributed by atoms with Crippen LogP contribution in [0.15, 0.2) is 12.1 Å². The topological polar surface area (TPSA) is 81.4 Å². The summed E-state index contributed by atoms with van der Waals surface area (Å²) in [6.45, 7) is 3.91. The van der Waals surface area contributed by atoms with Crippen LogP contribution >= 0.6 is 0 Å². The van der Waals surface area contributed by atoms with Crippen molar-refractivity contribution in [2.75, 3.05) is 18.9 Å². The first-order valence-electron chi connectivity index (χ1n) is 6.49. The molecule has 0 aliphatic heterocycles. The van der Waals surface area contributed by atoms with Gasteiger partial charge in [0, 0.05) is 12.6 Å². The van der Waals surface area contributed by atoms with E-state index in [9.17, 15) is 18.4 Å². The second-order valence-electron chi connectivity index (χ2n) is 4.96. The van der Waals surface area contributed by atoms with Gasteiger partial charge in [-0.1, -0.05) is 13.8 Å². The number of carbonyl (C=O) groups is 2. The first kappa shape index (κ1) is 16.9. The van der Waals surface area contributed by atoms with Crippen LogP contribution in [0.3, 0.4) is 0 Å². The number of rotatable bonds is 6. The van der Waals surface area contributed by atoms with E-state index in [1.165, 1.54) is 0 Å². The number of anilines is 1. The zero-order valence-electron chi connectivity index (χ0n) is 11.9. The number of esters is 1. The maximum atomic E-state index is 13.4. The maximum Gasteiger partial charge on any atom is 0.341 e. The number of carbonyl (C=O) groups excluding carboxylic acids is 2. The molecular formula is C14H18F2N2O3. The average Bonchev–Trinajstić information content (AvgIpc) is 2.39. The summed E-state index contributed by atoms with van der Waals surface area (Å²) in [5.41, 5.74) is 4.15. The van der Waals surface area contributed by atoms with Crippen molar-refractivity contribution in [1.29, 1.82) is 0 Å². The predicted molar refractivity (Wildman–Crippen MR) is 73.5 cm³/mol. The van der Waals surface area contributed by atoms with Crippen molar-refractivity contribution >= 4 is 17.6 Å². The minimum Gasteiger partial charge on any atom is -0.452 e. The fourth-order valence-corrected chi connectivity index (χ4v) is 1.48. The molecule has 0 unspecified atom stereocenters. The van der Waals surface area contributed by atoms with Gasteiger partial charge in [-0.2, -0.15) is 0 Å². The van der Waals surface area contributed by atoms with E-state index in [1.807, 2.05) is 13.8 Å². The molecule has 0 saturated heterocycles. The lowest BCUT2D eigenvalue weighted by Gasteiger charge is -2.08. The number of nitrogens with two attached hydrogens (primary N) is 1. The molecule has 0 spiro atoms. The van der Waals surface area contributed by atoms with E-state index in [1.54, 1.807) is 0 Å². The van der Waals surface area contributed by atoms with E-state index in [-0.39, 0.29) is 0 Å². The molecule has 1 aromatic rings. The van der Waals surface area contributed by atoms with Crippen LogP contribution in [0.1, 0.15) is 30.6 Å². The van der Waals surface area contributed by atoms with Crippen molar-refractivity contribution in [3.05, 3.63) is 29.3 Å². The summed E-state index contributed by atoms with van der Waals surface area (Å²) in [5, 5.41) is 2.55. The van der Waals surface area contributed by atoms with Crippen molar-refractivity contribution in [1.82, 2.24) is 5.32 Å². The van der Waals surface area contributed by atoms with Crippen molar-refractivity contribution in [3.8, 4) is 0 Å². The highest BCUT2D eigenvalue weighted by molar-refractivity contribution is 5.92. The van der Waals surface area contributed by atoms with Gasteiger partial charge < -0.3 is 15.8 Å². The molecule has 21 heavy (non-hydrogen) atoms. The Balaban J connectivity index is 2.51. The molecule has 3 N–H and O–H groups in total. The maximum absolute atomic E-state index is 13.4. The van der Waals surface area contributed by atoms with E-state index in [2.05, 4.69) is 10.1 Å². The lowest BCUT2D eigenvalue weighted by molar-refractivity contribution is -0.124. The number of ether oxygens (including phenoxy) is 1. The van der Waals surface area contributed by atoms with Gasteiger partial charge in [0.25, 0.3) is 5.91 Å². The quantitative estimate of drug-likeness (QED) is 0.620. The Morgan fingerprint density at radius 2 is 1.95 bits per heavy atom. The molecule has 0 aliphatic rings. The summed E-state index contributed by atoms with van der Waals surface area (Å²) >= 11 is 0. The van der Waals surface area contributed by atoms with Crippen molar-refractivity contribution < 1.29 is 23.1 Å². The predicted octanol–water partition coefficient (Wildman–Crippen LogP) is 1.87.